The molecule has 1 rings (SSSR count). The molecule has 0 unspecified atom stereocenters. The van der Waals surface area contributed by atoms with Gasteiger partial charge in [0, 0.05) is 5.54 Å². The number of carbonyl (C=O) groups excluding carboxylic acids is 1. The van der Waals surface area contributed by atoms with Crippen molar-refractivity contribution in [1.29, 1.82) is 0 Å². The van der Waals surface area contributed by atoms with E-state index in [1.165, 1.54) is 6.07 Å². The van der Waals surface area contributed by atoms with E-state index in [0.717, 1.165) is 0 Å². The third kappa shape index (κ3) is 4.05. The molecule has 5 nitrogen and oxygen atoms in total. The second-order valence-corrected chi connectivity index (χ2v) is 7.17. The van der Waals surface area contributed by atoms with Crippen LogP contribution in [0.25, 0.3) is 0 Å². The molecule has 1 aromatic carbocycles. The Kier molecular flexibility index (Phi) is 4.94. The minimum absolute atomic E-state index is 0.0501. The molecule has 1 N–H and O–H groups in total. The van der Waals surface area contributed by atoms with Crippen LogP contribution in [0.3, 0.4) is 0 Å². The number of sulfonamides is 1. The van der Waals surface area contributed by atoms with Gasteiger partial charge >= 0.3 is 5.97 Å². The molecule has 0 saturated carbocycles. The Morgan fingerprint density at radius 2 is 1.90 bits per heavy atom. The van der Waals surface area contributed by atoms with Crippen LogP contribution in [-0.4, -0.2) is 26.5 Å². The van der Waals surface area contributed by atoms with Gasteiger partial charge in [-0.3, -0.25) is 0 Å². The highest BCUT2D eigenvalue weighted by molar-refractivity contribution is 7.89. The van der Waals surface area contributed by atoms with Gasteiger partial charge in [-0.1, -0.05) is 12.1 Å². The van der Waals surface area contributed by atoms with Gasteiger partial charge in [-0.25, -0.2) is 17.9 Å². The van der Waals surface area contributed by atoms with Crippen LogP contribution >= 0.6 is 0 Å². The number of nitrogens with one attached hydrogen (secondary N) is 1. The first-order valence-corrected chi connectivity index (χ1v) is 7.87. The lowest BCUT2D eigenvalue weighted by Crippen LogP contribution is -2.41. The maximum Gasteiger partial charge on any atom is 0.339 e. The molecule has 0 atom stereocenters. The summed E-state index contributed by atoms with van der Waals surface area (Å²) in [7, 11) is -3.79. The van der Waals surface area contributed by atoms with Gasteiger partial charge in [0.05, 0.1) is 17.1 Å². The summed E-state index contributed by atoms with van der Waals surface area (Å²) in [4.78, 5) is 11.9. The number of benzene rings is 1. The zero-order valence-electron chi connectivity index (χ0n) is 12.5. The van der Waals surface area contributed by atoms with Gasteiger partial charge in [0.2, 0.25) is 10.0 Å². The molecule has 6 heteroatoms. The van der Waals surface area contributed by atoms with Gasteiger partial charge in [-0.05, 0) is 46.2 Å². The summed E-state index contributed by atoms with van der Waals surface area (Å²) in [5.74, 6) is -0.625. The molecule has 20 heavy (non-hydrogen) atoms. The molecule has 0 aliphatic carbocycles. The minimum atomic E-state index is -3.79. The summed E-state index contributed by atoms with van der Waals surface area (Å²) in [6, 6.07) is 4.70. The summed E-state index contributed by atoms with van der Waals surface area (Å²) >= 11 is 0. The third-order valence-electron chi connectivity index (χ3n) is 2.44. The summed E-state index contributed by atoms with van der Waals surface area (Å²) in [6.45, 7) is 8.78. The largest absolute Gasteiger partial charge is 0.462 e. The topological polar surface area (TPSA) is 72.5 Å². The summed E-state index contributed by atoms with van der Waals surface area (Å²) in [5, 5.41) is 0. The van der Waals surface area contributed by atoms with Crippen molar-refractivity contribution in [3.05, 3.63) is 29.3 Å². The molecule has 0 amide bonds. The molecular formula is C14H21NO4S. The summed E-state index contributed by atoms with van der Waals surface area (Å²) < 4.78 is 32.3. The van der Waals surface area contributed by atoms with Crippen LogP contribution in [0.1, 0.15) is 43.6 Å². The van der Waals surface area contributed by atoms with E-state index in [9.17, 15) is 13.2 Å². The molecule has 1 aromatic rings. The first kappa shape index (κ1) is 16.7. The molecule has 0 fully saturated rings. The van der Waals surface area contributed by atoms with E-state index in [1.54, 1.807) is 46.8 Å². The van der Waals surface area contributed by atoms with Crippen molar-refractivity contribution in [3.8, 4) is 0 Å². The fourth-order valence-corrected chi connectivity index (χ4v) is 3.47. The van der Waals surface area contributed by atoms with Crippen LogP contribution in [0.15, 0.2) is 23.1 Å². The maximum atomic E-state index is 12.4. The van der Waals surface area contributed by atoms with Gasteiger partial charge in [0.15, 0.2) is 0 Å². The smallest absolute Gasteiger partial charge is 0.339 e. The van der Waals surface area contributed by atoms with Gasteiger partial charge in [-0.15, -0.1) is 0 Å². The zero-order valence-corrected chi connectivity index (χ0v) is 13.3. The average molecular weight is 299 g/mol. The lowest BCUT2D eigenvalue weighted by molar-refractivity contribution is 0.0521. The van der Waals surface area contributed by atoms with Crippen molar-refractivity contribution in [1.82, 2.24) is 4.72 Å². The summed E-state index contributed by atoms with van der Waals surface area (Å²) in [5.41, 5.74) is 0.0282. The van der Waals surface area contributed by atoms with Crippen LogP contribution in [0.5, 0.6) is 0 Å². The van der Waals surface area contributed by atoms with Crippen molar-refractivity contribution in [2.24, 2.45) is 0 Å². The average Bonchev–Trinajstić information content (AvgIpc) is 2.25. The molecule has 0 spiro atoms. The van der Waals surface area contributed by atoms with Crippen LogP contribution in [-0.2, 0) is 14.8 Å². The van der Waals surface area contributed by atoms with Crippen molar-refractivity contribution in [2.45, 2.75) is 45.1 Å². The predicted molar refractivity (Wildman–Crippen MR) is 77.2 cm³/mol. The number of rotatable bonds is 4. The SMILES string of the molecule is CCOC(=O)c1c(C)cccc1S(=O)(=O)NC(C)(C)C. The second-order valence-electron chi connectivity index (χ2n) is 5.52. The minimum Gasteiger partial charge on any atom is -0.462 e. The van der Waals surface area contributed by atoms with E-state index in [4.69, 9.17) is 4.74 Å². The van der Waals surface area contributed by atoms with Gasteiger partial charge < -0.3 is 4.74 Å². The van der Waals surface area contributed by atoms with E-state index in [1.807, 2.05) is 0 Å². The number of ether oxygens (including phenoxy) is 1. The van der Waals surface area contributed by atoms with Crippen molar-refractivity contribution >= 4 is 16.0 Å². The molecule has 0 saturated heterocycles. The quantitative estimate of drug-likeness (QED) is 0.865. The van der Waals surface area contributed by atoms with Crippen LogP contribution < -0.4 is 4.72 Å². The lowest BCUT2D eigenvalue weighted by Gasteiger charge is -2.21. The molecule has 112 valence electrons. The van der Waals surface area contributed by atoms with Gasteiger partial charge in [-0.2, -0.15) is 0 Å². The normalized spacial score (nSPS) is 12.2. The molecule has 0 radical (unpaired) electrons. The van der Waals surface area contributed by atoms with Gasteiger partial charge in [0.1, 0.15) is 0 Å². The van der Waals surface area contributed by atoms with Crippen molar-refractivity contribution < 1.29 is 17.9 Å². The number of hydrogen-bond acceptors (Lipinski definition) is 4. The Bertz CT molecular complexity index is 600. The Balaban J connectivity index is 3.39. The van der Waals surface area contributed by atoms with Gasteiger partial charge in [0.25, 0.3) is 0 Å². The summed E-state index contributed by atoms with van der Waals surface area (Å²) in [6.07, 6.45) is 0. The van der Waals surface area contributed by atoms with Crippen LogP contribution in [0.2, 0.25) is 0 Å². The predicted octanol–water partition coefficient (Wildman–Crippen LogP) is 2.25. The second kappa shape index (κ2) is 5.93. The Labute approximate surface area is 120 Å². The molecular weight excluding hydrogens is 278 g/mol. The number of hydrogen-bond donors (Lipinski definition) is 1. The van der Waals surface area contributed by atoms with E-state index in [2.05, 4.69) is 4.72 Å². The highest BCUT2D eigenvalue weighted by atomic mass is 32.2. The fraction of sp³-hybridized carbons (Fsp3) is 0.500. The van der Waals surface area contributed by atoms with Crippen molar-refractivity contribution in [2.75, 3.05) is 6.61 Å². The molecule has 0 aliphatic heterocycles. The highest BCUT2D eigenvalue weighted by Crippen LogP contribution is 2.22. The number of esters is 1. The Morgan fingerprint density at radius 1 is 1.30 bits per heavy atom. The fourth-order valence-electron chi connectivity index (χ4n) is 1.79. The number of carbonyl (C=O) groups is 1. The number of aryl methyl sites for hydroxylation is 1. The standard InChI is InChI=1S/C14H21NO4S/c1-6-19-13(16)12-10(2)8-7-9-11(12)20(17,18)15-14(3,4)5/h7-9,15H,6H2,1-5H3. The monoisotopic (exact) mass is 299 g/mol. The lowest BCUT2D eigenvalue weighted by atomic mass is 10.1. The Morgan fingerprint density at radius 3 is 2.40 bits per heavy atom. The first-order valence-electron chi connectivity index (χ1n) is 6.39. The van der Waals surface area contributed by atoms with Crippen molar-refractivity contribution in [3.63, 3.8) is 0 Å². The Hall–Kier alpha value is -1.40. The molecule has 0 bridgehead atoms. The maximum absolute atomic E-state index is 12.4. The molecule has 0 aromatic heterocycles. The van der Waals surface area contributed by atoms with E-state index in [-0.39, 0.29) is 17.1 Å². The van der Waals surface area contributed by atoms with E-state index in [0.29, 0.717) is 5.56 Å². The molecule has 0 aliphatic rings. The highest BCUT2D eigenvalue weighted by Gasteiger charge is 2.28. The van der Waals surface area contributed by atoms with E-state index < -0.39 is 21.5 Å². The zero-order chi connectivity index (χ0) is 15.6. The first-order chi connectivity index (χ1) is 9.08. The van der Waals surface area contributed by atoms with Crippen LogP contribution in [0, 0.1) is 6.92 Å². The van der Waals surface area contributed by atoms with E-state index >= 15 is 0 Å². The third-order valence-corrected chi connectivity index (χ3v) is 4.24. The van der Waals surface area contributed by atoms with Crippen LogP contribution in [0.4, 0.5) is 0 Å². The molecule has 0 heterocycles.